The van der Waals surface area contributed by atoms with E-state index in [1.807, 2.05) is 18.2 Å². The number of hydrogen-bond acceptors (Lipinski definition) is 2. The van der Waals surface area contributed by atoms with Crippen LogP contribution in [0.5, 0.6) is 0 Å². The molecule has 0 saturated carbocycles. The van der Waals surface area contributed by atoms with Crippen molar-refractivity contribution < 1.29 is 9.59 Å². The number of amides is 2. The minimum Gasteiger partial charge on any atom is -0.342 e. The maximum absolute atomic E-state index is 12.5. The molecule has 4 heteroatoms. The van der Waals surface area contributed by atoms with Gasteiger partial charge in [-0.15, -0.1) is 0 Å². The van der Waals surface area contributed by atoms with Crippen LogP contribution in [0.2, 0.25) is 0 Å². The highest BCUT2D eigenvalue weighted by Gasteiger charge is 2.25. The first-order chi connectivity index (χ1) is 9.76. The van der Waals surface area contributed by atoms with Gasteiger partial charge in [-0.25, -0.2) is 0 Å². The molecule has 0 unspecified atom stereocenters. The molecule has 1 heterocycles. The average Bonchev–Trinajstić information content (AvgIpc) is 2.39. The van der Waals surface area contributed by atoms with Gasteiger partial charge in [-0.1, -0.05) is 32.9 Å². The van der Waals surface area contributed by atoms with E-state index in [1.165, 1.54) is 0 Å². The molecule has 0 aliphatic carbocycles. The van der Waals surface area contributed by atoms with Crippen molar-refractivity contribution in [1.82, 2.24) is 9.80 Å². The van der Waals surface area contributed by atoms with Gasteiger partial charge in [0.15, 0.2) is 0 Å². The van der Waals surface area contributed by atoms with Crippen molar-refractivity contribution in [2.75, 3.05) is 26.7 Å². The molecule has 1 aromatic carbocycles. The van der Waals surface area contributed by atoms with Crippen molar-refractivity contribution in [1.29, 1.82) is 0 Å². The molecular weight excluding hydrogens is 264 g/mol. The smallest absolute Gasteiger partial charge is 0.254 e. The van der Waals surface area contributed by atoms with Gasteiger partial charge in [0.05, 0.1) is 0 Å². The van der Waals surface area contributed by atoms with Gasteiger partial charge in [0.2, 0.25) is 5.91 Å². The van der Waals surface area contributed by atoms with Gasteiger partial charge in [-0.2, -0.15) is 0 Å². The number of carbonyl (C=O) groups excluding carboxylic acids is 2. The zero-order chi connectivity index (χ0) is 15.6. The summed E-state index contributed by atoms with van der Waals surface area (Å²) in [5.74, 6) is -0.0485. The molecule has 0 aromatic heterocycles. The molecule has 4 nitrogen and oxygen atoms in total. The standard InChI is InChI=1S/C17H24N2O2/c1-17(2,3)11-13-6-5-7-14(10-13)16(21)19-9-8-18(4)15(20)12-19/h5-7,10H,8-9,11-12H2,1-4H3. The Labute approximate surface area is 126 Å². The summed E-state index contributed by atoms with van der Waals surface area (Å²) in [4.78, 5) is 27.6. The summed E-state index contributed by atoms with van der Waals surface area (Å²) in [6, 6.07) is 7.76. The van der Waals surface area contributed by atoms with Gasteiger partial charge in [0.1, 0.15) is 6.54 Å². The minimum absolute atomic E-state index is 0.000413. The topological polar surface area (TPSA) is 40.6 Å². The third-order valence-electron chi connectivity index (χ3n) is 3.65. The summed E-state index contributed by atoms with van der Waals surface area (Å²) < 4.78 is 0. The van der Waals surface area contributed by atoms with Gasteiger partial charge >= 0.3 is 0 Å². The van der Waals surface area contributed by atoms with Gasteiger partial charge in [-0.3, -0.25) is 9.59 Å². The monoisotopic (exact) mass is 288 g/mol. The Morgan fingerprint density at radius 2 is 1.95 bits per heavy atom. The fourth-order valence-electron chi connectivity index (χ4n) is 2.54. The number of nitrogens with zero attached hydrogens (tertiary/aromatic N) is 2. The largest absolute Gasteiger partial charge is 0.342 e. The zero-order valence-electron chi connectivity index (χ0n) is 13.3. The Morgan fingerprint density at radius 1 is 1.24 bits per heavy atom. The van der Waals surface area contributed by atoms with Crippen LogP contribution < -0.4 is 0 Å². The van der Waals surface area contributed by atoms with E-state index in [0.29, 0.717) is 18.7 Å². The van der Waals surface area contributed by atoms with Crippen LogP contribution in [0, 0.1) is 5.41 Å². The molecule has 0 bridgehead atoms. The summed E-state index contributed by atoms with van der Waals surface area (Å²) in [6.45, 7) is 7.93. The lowest BCUT2D eigenvalue weighted by Gasteiger charge is -2.32. The van der Waals surface area contributed by atoms with Crippen molar-refractivity contribution in [3.8, 4) is 0 Å². The minimum atomic E-state index is -0.0489. The second-order valence-corrected chi connectivity index (χ2v) is 6.98. The quantitative estimate of drug-likeness (QED) is 0.837. The van der Waals surface area contributed by atoms with E-state index in [1.54, 1.807) is 16.8 Å². The molecule has 21 heavy (non-hydrogen) atoms. The summed E-state index contributed by atoms with van der Waals surface area (Å²) in [7, 11) is 1.77. The maximum Gasteiger partial charge on any atom is 0.254 e. The predicted octanol–water partition coefficient (Wildman–Crippen LogP) is 2.19. The molecule has 0 N–H and O–H groups in total. The number of piperazine rings is 1. The second kappa shape index (κ2) is 5.88. The van der Waals surface area contributed by atoms with E-state index in [-0.39, 0.29) is 23.8 Å². The fraction of sp³-hybridized carbons (Fsp3) is 0.529. The molecule has 1 aromatic rings. The normalized spacial score (nSPS) is 16.3. The maximum atomic E-state index is 12.5. The highest BCUT2D eigenvalue weighted by Crippen LogP contribution is 2.21. The Morgan fingerprint density at radius 3 is 2.57 bits per heavy atom. The fourth-order valence-corrected chi connectivity index (χ4v) is 2.54. The van der Waals surface area contributed by atoms with E-state index < -0.39 is 0 Å². The molecule has 1 aliphatic heterocycles. The van der Waals surface area contributed by atoms with E-state index in [2.05, 4.69) is 26.8 Å². The third kappa shape index (κ3) is 4.06. The first kappa shape index (κ1) is 15.5. The highest BCUT2D eigenvalue weighted by atomic mass is 16.2. The van der Waals surface area contributed by atoms with Crippen molar-refractivity contribution in [3.63, 3.8) is 0 Å². The first-order valence-corrected chi connectivity index (χ1v) is 7.38. The Kier molecular flexibility index (Phi) is 4.35. The van der Waals surface area contributed by atoms with Crippen molar-refractivity contribution in [3.05, 3.63) is 35.4 Å². The van der Waals surface area contributed by atoms with Crippen LogP contribution in [0.1, 0.15) is 36.7 Å². The number of benzene rings is 1. The van der Waals surface area contributed by atoms with Crippen molar-refractivity contribution in [2.24, 2.45) is 5.41 Å². The average molecular weight is 288 g/mol. The number of rotatable bonds is 2. The van der Waals surface area contributed by atoms with Crippen LogP contribution in [0.4, 0.5) is 0 Å². The lowest BCUT2D eigenvalue weighted by Crippen LogP contribution is -2.50. The Balaban J connectivity index is 2.13. The van der Waals surface area contributed by atoms with Crippen molar-refractivity contribution in [2.45, 2.75) is 27.2 Å². The predicted molar refractivity (Wildman–Crippen MR) is 83.1 cm³/mol. The number of likely N-dealkylation sites (N-methyl/N-ethyl adjacent to an activating group) is 1. The van der Waals surface area contributed by atoms with Gasteiger partial charge in [-0.05, 0) is 29.5 Å². The Bertz CT molecular complexity index is 546. The Hall–Kier alpha value is -1.84. The van der Waals surface area contributed by atoms with E-state index in [9.17, 15) is 9.59 Å². The molecule has 0 atom stereocenters. The number of hydrogen-bond donors (Lipinski definition) is 0. The van der Waals surface area contributed by atoms with Crippen molar-refractivity contribution >= 4 is 11.8 Å². The van der Waals surface area contributed by atoms with Gasteiger partial charge < -0.3 is 9.80 Å². The first-order valence-electron chi connectivity index (χ1n) is 7.38. The lowest BCUT2D eigenvalue weighted by atomic mass is 9.87. The van der Waals surface area contributed by atoms with E-state index >= 15 is 0 Å². The molecule has 1 saturated heterocycles. The molecule has 114 valence electrons. The molecule has 1 fully saturated rings. The highest BCUT2D eigenvalue weighted by molar-refractivity contribution is 5.97. The number of carbonyl (C=O) groups is 2. The molecule has 0 radical (unpaired) electrons. The second-order valence-electron chi connectivity index (χ2n) is 6.98. The van der Waals surface area contributed by atoms with Crippen LogP contribution in [-0.4, -0.2) is 48.3 Å². The van der Waals surface area contributed by atoms with E-state index in [4.69, 9.17) is 0 Å². The van der Waals surface area contributed by atoms with Crippen LogP contribution in [-0.2, 0) is 11.2 Å². The molecule has 0 spiro atoms. The summed E-state index contributed by atoms with van der Waals surface area (Å²) in [5.41, 5.74) is 2.02. The van der Waals surface area contributed by atoms with E-state index in [0.717, 1.165) is 12.0 Å². The molecule has 2 rings (SSSR count). The van der Waals surface area contributed by atoms with Crippen LogP contribution in [0.15, 0.2) is 24.3 Å². The molecule has 1 aliphatic rings. The summed E-state index contributed by atoms with van der Waals surface area (Å²) in [5, 5.41) is 0. The molecular formula is C17H24N2O2. The third-order valence-corrected chi connectivity index (χ3v) is 3.65. The van der Waals surface area contributed by atoms with Crippen LogP contribution in [0.25, 0.3) is 0 Å². The van der Waals surface area contributed by atoms with Gasteiger partial charge in [0.25, 0.3) is 5.91 Å². The zero-order valence-corrected chi connectivity index (χ0v) is 13.3. The summed E-state index contributed by atoms with van der Waals surface area (Å²) in [6.07, 6.45) is 0.926. The SMILES string of the molecule is CN1CCN(C(=O)c2cccc(CC(C)(C)C)c2)CC1=O. The van der Waals surface area contributed by atoms with Crippen LogP contribution >= 0.6 is 0 Å². The molecule has 2 amide bonds. The lowest BCUT2D eigenvalue weighted by molar-refractivity contribution is -0.133. The van der Waals surface area contributed by atoms with Crippen LogP contribution in [0.3, 0.4) is 0 Å². The van der Waals surface area contributed by atoms with Gasteiger partial charge in [0, 0.05) is 25.7 Å². The summed E-state index contributed by atoms with van der Waals surface area (Å²) >= 11 is 0.